The third-order valence-electron chi connectivity index (χ3n) is 2.39. The van der Waals surface area contributed by atoms with Crippen LogP contribution in [-0.2, 0) is 4.74 Å². The predicted molar refractivity (Wildman–Crippen MR) is 66.5 cm³/mol. The van der Waals surface area contributed by atoms with Crippen LogP contribution >= 0.6 is 0 Å². The molecule has 1 N–H and O–H groups in total. The van der Waals surface area contributed by atoms with E-state index in [-0.39, 0.29) is 12.7 Å². The quantitative estimate of drug-likeness (QED) is 0.819. The molecule has 0 fully saturated rings. The van der Waals surface area contributed by atoms with E-state index in [0.717, 1.165) is 5.56 Å². The summed E-state index contributed by atoms with van der Waals surface area (Å²) in [5.74, 6) is 1.36. The van der Waals surface area contributed by atoms with Crippen molar-refractivity contribution in [2.45, 2.75) is 6.10 Å². The highest BCUT2D eigenvalue weighted by Crippen LogP contribution is 2.27. The fraction of sp³-hybridized carbons (Fsp3) is 0.385. The van der Waals surface area contributed by atoms with Gasteiger partial charge in [0.25, 0.3) is 0 Å². The second-order valence-corrected chi connectivity index (χ2v) is 3.43. The van der Waals surface area contributed by atoms with Crippen LogP contribution in [0.4, 0.5) is 0 Å². The monoisotopic (exact) mass is 238 g/mol. The fourth-order valence-electron chi connectivity index (χ4n) is 1.39. The van der Waals surface area contributed by atoms with E-state index < -0.39 is 0 Å². The summed E-state index contributed by atoms with van der Waals surface area (Å²) < 4.78 is 15.4. The lowest BCUT2D eigenvalue weighted by atomic mass is 10.1. The lowest BCUT2D eigenvalue weighted by Gasteiger charge is -2.08. The van der Waals surface area contributed by atoms with E-state index >= 15 is 0 Å². The summed E-state index contributed by atoms with van der Waals surface area (Å²) in [6.07, 6.45) is 3.37. The molecule has 0 radical (unpaired) electrons. The SMILES string of the molecule is COc1ccc(C=C[C@H](CO)OC)cc1OC. The van der Waals surface area contributed by atoms with E-state index in [9.17, 15) is 0 Å². The molecule has 0 aromatic heterocycles. The molecule has 0 saturated carbocycles. The zero-order chi connectivity index (χ0) is 12.7. The summed E-state index contributed by atoms with van der Waals surface area (Å²) in [6, 6.07) is 5.60. The van der Waals surface area contributed by atoms with Crippen LogP contribution in [0.3, 0.4) is 0 Å². The summed E-state index contributed by atoms with van der Waals surface area (Å²) in [5, 5.41) is 8.97. The van der Waals surface area contributed by atoms with Gasteiger partial charge in [-0.3, -0.25) is 0 Å². The molecule has 1 aromatic carbocycles. The van der Waals surface area contributed by atoms with Crippen molar-refractivity contribution in [3.8, 4) is 11.5 Å². The number of benzene rings is 1. The molecular weight excluding hydrogens is 220 g/mol. The van der Waals surface area contributed by atoms with Crippen molar-refractivity contribution in [2.75, 3.05) is 27.9 Å². The number of aliphatic hydroxyl groups excluding tert-OH is 1. The van der Waals surface area contributed by atoms with Gasteiger partial charge in [0.2, 0.25) is 0 Å². The molecule has 4 heteroatoms. The molecule has 0 aliphatic rings. The standard InChI is InChI=1S/C13H18O4/c1-15-11(9-14)6-4-10-5-7-12(16-2)13(8-10)17-3/h4-8,11,14H,9H2,1-3H3/t11-/m1/s1. The Morgan fingerprint density at radius 1 is 1.18 bits per heavy atom. The Bertz CT molecular complexity index is 370. The molecule has 17 heavy (non-hydrogen) atoms. The molecule has 1 rings (SSSR count). The predicted octanol–water partition coefficient (Wildman–Crippen LogP) is 1.72. The maximum absolute atomic E-state index is 8.97. The second-order valence-electron chi connectivity index (χ2n) is 3.43. The van der Waals surface area contributed by atoms with Gasteiger partial charge in [0.05, 0.1) is 26.9 Å². The molecule has 94 valence electrons. The van der Waals surface area contributed by atoms with Crippen LogP contribution in [0.25, 0.3) is 6.08 Å². The van der Waals surface area contributed by atoms with Gasteiger partial charge in [-0.1, -0.05) is 18.2 Å². The van der Waals surface area contributed by atoms with Crippen molar-refractivity contribution in [1.29, 1.82) is 0 Å². The molecule has 0 saturated heterocycles. The van der Waals surface area contributed by atoms with Crippen LogP contribution in [-0.4, -0.2) is 39.1 Å². The molecule has 1 atom stereocenters. The molecule has 0 heterocycles. The van der Waals surface area contributed by atoms with Gasteiger partial charge in [-0.2, -0.15) is 0 Å². The number of rotatable bonds is 6. The molecule has 0 aliphatic heterocycles. The lowest BCUT2D eigenvalue weighted by Crippen LogP contribution is -2.11. The Kier molecular flexibility index (Phi) is 5.52. The van der Waals surface area contributed by atoms with Crippen molar-refractivity contribution >= 4 is 6.08 Å². The summed E-state index contributed by atoms with van der Waals surface area (Å²) in [5.41, 5.74) is 0.957. The lowest BCUT2D eigenvalue weighted by molar-refractivity contribution is 0.0825. The third-order valence-corrected chi connectivity index (χ3v) is 2.39. The Hall–Kier alpha value is -1.52. The Balaban J connectivity index is 2.85. The molecule has 0 aliphatic carbocycles. The topological polar surface area (TPSA) is 47.9 Å². The smallest absolute Gasteiger partial charge is 0.161 e. The van der Waals surface area contributed by atoms with Gasteiger partial charge in [-0.25, -0.2) is 0 Å². The number of aliphatic hydroxyl groups is 1. The molecule has 0 bridgehead atoms. The summed E-state index contributed by atoms with van der Waals surface area (Å²) >= 11 is 0. The zero-order valence-electron chi connectivity index (χ0n) is 10.3. The van der Waals surface area contributed by atoms with Gasteiger partial charge < -0.3 is 19.3 Å². The first-order chi connectivity index (χ1) is 8.24. The van der Waals surface area contributed by atoms with E-state index in [0.29, 0.717) is 11.5 Å². The Labute approximate surface area is 101 Å². The highest BCUT2D eigenvalue weighted by atomic mass is 16.5. The van der Waals surface area contributed by atoms with E-state index in [1.54, 1.807) is 27.4 Å². The van der Waals surface area contributed by atoms with Gasteiger partial charge in [-0.15, -0.1) is 0 Å². The van der Waals surface area contributed by atoms with E-state index in [1.165, 1.54) is 0 Å². The normalized spacial score (nSPS) is 12.7. The van der Waals surface area contributed by atoms with E-state index in [2.05, 4.69) is 0 Å². The molecule has 0 spiro atoms. The summed E-state index contributed by atoms with van der Waals surface area (Å²) in [6.45, 7) is -0.0414. The summed E-state index contributed by atoms with van der Waals surface area (Å²) in [4.78, 5) is 0. The van der Waals surface area contributed by atoms with Crippen LogP contribution in [0.2, 0.25) is 0 Å². The van der Waals surface area contributed by atoms with Crippen molar-refractivity contribution in [2.24, 2.45) is 0 Å². The van der Waals surface area contributed by atoms with Gasteiger partial charge in [0, 0.05) is 7.11 Å². The van der Waals surface area contributed by atoms with Gasteiger partial charge in [-0.05, 0) is 17.7 Å². The van der Waals surface area contributed by atoms with Crippen LogP contribution < -0.4 is 9.47 Å². The maximum atomic E-state index is 8.97. The van der Waals surface area contributed by atoms with Crippen LogP contribution in [0.5, 0.6) is 11.5 Å². The second kappa shape index (κ2) is 6.93. The molecular formula is C13H18O4. The average Bonchev–Trinajstić information content (AvgIpc) is 2.39. The Morgan fingerprint density at radius 2 is 1.88 bits per heavy atom. The largest absolute Gasteiger partial charge is 0.493 e. The molecule has 4 nitrogen and oxygen atoms in total. The third kappa shape index (κ3) is 3.76. The Morgan fingerprint density at radius 3 is 2.41 bits per heavy atom. The van der Waals surface area contributed by atoms with E-state index in [4.69, 9.17) is 19.3 Å². The van der Waals surface area contributed by atoms with Crippen molar-refractivity contribution in [3.05, 3.63) is 29.8 Å². The van der Waals surface area contributed by atoms with Crippen LogP contribution in [0.1, 0.15) is 5.56 Å². The van der Waals surface area contributed by atoms with Gasteiger partial charge in [0.1, 0.15) is 0 Å². The number of methoxy groups -OCH3 is 3. The minimum absolute atomic E-state index is 0.0414. The minimum atomic E-state index is -0.289. The maximum Gasteiger partial charge on any atom is 0.161 e. The molecule has 0 unspecified atom stereocenters. The number of hydrogen-bond acceptors (Lipinski definition) is 4. The first kappa shape index (κ1) is 13.5. The highest BCUT2D eigenvalue weighted by molar-refractivity contribution is 5.56. The zero-order valence-corrected chi connectivity index (χ0v) is 10.3. The van der Waals surface area contributed by atoms with E-state index in [1.807, 2.05) is 24.3 Å². The van der Waals surface area contributed by atoms with Gasteiger partial charge >= 0.3 is 0 Å². The molecule has 1 aromatic rings. The number of hydrogen-bond donors (Lipinski definition) is 1. The van der Waals surface area contributed by atoms with Crippen molar-refractivity contribution in [1.82, 2.24) is 0 Å². The fourth-order valence-corrected chi connectivity index (χ4v) is 1.39. The first-order valence-electron chi connectivity index (χ1n) is 5.29. The minimum Gasteiger partial charge on any atom is -0.493 e. The summed E-state index contributed by atoms with van der Waals surface area (Å²) in [7, 11) is 4.75. The number of ether oxygens (including phenoxy) is 3. The van der Waals surface area contributed by atoms with Crippen LogP contribution in [0, 0.1) is 0 Å². The van der Waals surface area contributed by atoms with Crippen molar-refractivity contribution in [3.63, 3.8) is 0 Å². The average molecular weight is 238 g/mol. The first-order valence-corrected chi connectivity index (χ1v) is 5.29. The van der Waals surface area contributed by atoms with Crippen molar-refractivity contribution < 1.29 is 19.3 Å². The van der Waals surface area contributed by atoms with Gasteiger partial charge in [0.15, 0.2) is 11.5 Å². The van der Waals surface area contributed by atoms with Crippen LogP contribution in [0.15, 0.2) is 24.3 Å². The highest BCUT2D eigenvalue weighted by Gasteiger charge is 2.03. The molecule has 0 amide bonds.